The molecule has 0 aliphatic carbocycles. The van der Waals surface area contributed by atoms with Crippen molar-refractivity contribution in [3.05, 3.63) is 59.9 Å². The van der Waals surface area contributed by atoms with Crippen LogP contribution in [0.2, 0.25) is 0 Å². The molecule has 0 saturated heterocycles. The van der Waals surface area contributed by atoms with Crippen molar-refractivity contribution < 1.29 is 18.7 Å². The third-order valence-corrected chi connectivity index (χ3v) is 4.77. The van der Waals surface area contributed by atoms with Gasteiger partial charge in [-0.15, -0.1) is 0 Å². The molecule has 1 aliphatic rings. The first-order chi connectivity index (χ1) is 13.0. The maximum absolute atomic E-state index is 14.3. The van der Waals surface area contributed by atoms with Crippen LogP contribution in [0, 0.1) is 11.6 Å². The molecule has 0 fully saturated rings. The molecule has 7 heteroatoms. The van der Waals surface area contributed by atoms with Crippen LogP contribution < -0.4 is 0 Å². The molecule has 27 heavy (non-hydrogen) atoms. The highest BCUT2D eigenvalue weighted by atomic mass is 19.2. The summed E-state index contributed by atoms with van der Waals surface area (Å²) in [6.07, 6.45) is 4.25. The molecule has 3 heterocycles. The maximum atomic E-state index is 14.3. The molecular formula is C20H17F2N3O2. The third-order valence-electron chi connectivity index (χ3n) is 4.77. The van der Waals surface area contributed by atoms with Crippen molar-refractivity contribution in [2.75, 3.05) is 19.6 Å². The Hall–Kier alpha value is -3.06. The van der Waals surface area contributed by atoms with Gasteiger partial charge in [-0.05, 0) is 35.8 Å². The Morgan fingerprint density at radius 3 is 2.85 bits per heavy atom. The molecule has 0 bridgehead atoms. The van der Waals surface area contributed by atoms with Crippen molar-refractivity contribution >= 4 is 22.6 Å². The largest absolute Gasteiger partial charge is 0.480 e. The molecule has 0 atom stereocenters. The van der Waals surface area contributed by atoms with Gasteiger partial charge in [0.1, 0.15) is 5.65 Å². The number of nitrogens with zero attached hydrogens (tertiary/aromatic N) is 2. The SMILES string of the molecule is O=C(O)CN1CC=C(c2cc3c(-c4cccc(F)c4F)ccnc3[nH]2)CC1. The van der Waals surface area contributed by atoms with Crippen LogP contribution in [0.3, 0.4) is 0 Å². The van der Waals surface area contributed by atoms with E-state index >= 15 is 0 Å². The number of carbonyl (C=O) groups is 1. The van der Waals surface area contributed by atoms with E-state index in [9.17, 15) is 13.6 Å². The lowest BCUT2D eigenvalue weighted by Crippen LogP contribution is -2.33. The van der Waals surface area contributed by atoms with Gasteiger partial charge in [0.25, 0.3) is 0 Å². The highest BCUT2D eigenvalue weighted by Gasteiger charge is 2.18. The topological polar surface area (TPSA) is 69.2 Å². The second-order valence-electron chi connectivity index (χ2n) is 6.51. The fraction of sp³-hybridized carbons (Fsp3) is 0.200. The van der Waals surface area contributed by atoms with Crippen molar-refractivity contribution in [1.29, 1.82) is 0 Å². The zero-order valence-corrected chi connectivity index (χ0v) is 14.4. The number of benzene rings is 1. The predicted molar refractivity (Wildman–Crippen MR) is 98.1 cm³/mol. The molecule has 2 aromatic heterocycles. The number of H-pyrrole nitrogens is 1. The van der Waals surface area contributed by atoms with Crippen LogP contribution in [-0.4, -0.2) is 45.6 Å². The number of aromatic amines is 1. The quantitative estimate of drug-likeness (QED) is 0.736. The van der Waals surface area contributed by atoms with E-state index in [1.807, 2.05) is 17.0 Å². The number of aliphatic carboxylic acids is 1. The van der Waals surface area contributed by atoms with E-state index in [1.54, 1.807) is 18.3 Å². The smallest absolute Gasteiger partial charge is 0.317 e. The molecule has 0 saturated carbocycles. The lowest BCUT2D eigenvalue weighted by molar-refractivity contribution is -0.138. The molecule has 5 nitrogen and oxygen atoms in total. The van der Waals surface area contributed by atoms with Crippen LogP contribution in [0.4, 0.5) is 8.78 Å². The first kappa shape index (κ1) is 17.4. The summed E-state index contributed by atoms with van der Waals surface area (Å²) in [5, 5.41) is 9.60. The first-order valence-electron chi connectivity index (χ1n) is 8.58. The number of nitrogens with one attached hydrogen (secondary N) is 1. The summed E-state index contributed by atoms with van der Waals surface area (Å²) in [5.41, 5.74) is 3.28. The number of fused-ring (bicyclic) bond motifs is 1. The molecule has 0 radical (unpaired) electrons. The Labute approximate surface area is 154 Å². The van der Waals surface area contributed by atoms with Gasteiger partial charge < -0.3 is 10.1 Å². The van der Waals surface area contributed by atoms with Crippen LogP contribution in [0.15, 0.2) is 42.6 Å². The van der Waals surface area contributed by atoms with Gasteiger partial charge in [0.05, 0.1) is 6.54 Å². The van der Waals surface area contributed by atoms with Gasteiger partial charge in [0, 0.05) is 35.9 Å². The maximum Gasteiger partial charge on any atom is 0.317 e. The van der Waals surface area contributed by atoms with E-state index in [-0.39, 0.29) is 12.1 Å². The number of rotatable bonds is 4. The second-order valence-corrected chi connectivity index (χ2v) is 6.51. The summed E-state index contributed by atoms with van der Waals surface area (Å²) < 4.78 is 27.9. The van der Waals surface area contributed by atoms with Crippen molar-refractivity contribution in [3.8, 4) is 11.1 Å². The normalized spacial score (nSPS) is 15.1. The van der Waals surface area contributed by atoms with Crippen LogP contribution in [0.5, 0.6) is 0 Å². The van der Waals surface area contributed by atoms with Crippen LogP contribution >= 0.6 is 0 Å². The second kappa shape index (κ2) is 6.92. The lowest BCUT2D eigenvalue weighted by Gasteiger charge is -2.24. The zero-order valence-electron chi connectivity index (χ0n) is 14.4. The van der Waals surface area contributed by atoms with Crippen molar-refractivity contribution in [2.24, 2.45) is 0 Å². The Kier molecular flexibility index (Phi) is 4.45. The summed E-state index contributed by atoms with van der Waals surface area (Å²) in [6.45, 7) is 1.21. The fourth-order valence-corrected chi connectivity index (χ4v) is 3.44. The highest BCUT2D eigenvalue weighted by Crippen LogP contribution is 2.33. The fourth-order valence-electron chi connectivity index (χ4n) is 3.44. The minimum atomic E-state index is -0.887. The Bertz CT molecular complexity index is 1060. The molecule has 1 aromatic carbocycles. The van der Waals surface area contributed by atoms with Gasteiger partial charge in [-0.25, -0.2) is 13.8 Å². The van der Waals surface area contributed by atoms with Gasteiger partial charge in [-0.2, -0.15) is 0 Å². The number of hydrogen-bond acceptors (Lipinski definition) is 3. The number of halogens is 2. The molecule has 4 rings (SSSR count). The highest BCUT2D eigenvalue weighted by molar-refractivity contribution is 5.95. The van der Waals surface area contributed by atoms with Gasteiger partial charge in [0.15, 0.2) is 11.6 Å². The van der Waals surface area contributed by atoms with Crippen molar-refractivity contribution in [3.63, 3.8) is 0 Å². The van der Waals surface area contributed by atoms with E-state index in [1.165, 1.54) is 6.07 Å². The van der Waals surface area contributed by atoms with Crippen molar-refractivity contribution in [1.82, 2.24) is 14.9 Å². The lowest BCUT2D eigenvalue weighted by atomic mass is 10.0. The first-order valence-corrected chi connectivity index (χ1v) is 8.58. The number of pyridine rings is 1. The van der Waals surface area contributed by atoms with Gasteiger partial charge in [-0.1, -0.05) is 18.2 Å². The van der Waals surface area contributed by atoms with Gasteiger partial charge in [0.2, 0.25) is 0 Å². The van der Waals surface area contributed by atoms with Crippen LogP contribution in [0.1, 0.15) is 12.1 Å². The van der Waals surface area contributed by atoms with E-state index in [4.69, 9.17) is 5.11 Å². The Morgan fingerprint density at radius 2 is 2.11 bits per heavy atom. The van der Waals surface area contributed by atoms with Gasteiger partial charge >= 0.3 is 5.97 Å². The average molecular weight is 369 g/mol. The standard InChI is InChI=1S/C20H17F2N3O2/c21-16-3-1-2-14(19(16)22)13-4-7-23-20-15(13)10-17(24-20)12-5-8-25(9-6-12)11-18(26)27/h1-5,7,10H,6,8-9,11H2,(H,23,24)(H,26,27). The van der Waals surface area contributed by atoms with E-state index in [2.05, 4.69) is 9.97 Å². The summed E-state index contributed by atoms with van der Waals surface area (Å²) in [6, 6.07) is 7.68. The van der Waals surface area contributed by atoms with Crippen LogP contribution in [0.25, 0.3) is 27.7 Å². The Morgan fingerprint density at radius 1 is 1.26 bits per heavy atom. The molecule has 1 aliphatic heterocycles. The van der Waals surface area contributed by atoms with Gasteiger partial charge in [-0.3, -0.25) is 9.69 Å². The minimum absolute atomic E-state index is 0.0149. The average Bonchev–Trinajstić information content (AvgIpc) is 3.08. The number of aromatic nitrogens is 2. The monoisotopic (exact) mass is 369 g/mol. The van der Waals surface area contributed by atoms with E-state index < -0.39 is 17.6 Å². The number of carboxylic acid groups (broad SMARTS) is 1. The summed E-state index contributed by atoms with van der Waals surface area (Å²) in [7, 11) is 0. The Balaban J connectivity index is 1.71. The molecule has 0 unspecified atom stereocenters. The molecule has 0 spiro atoms. The number of hydrogen-bond donors (Lipinski definition) is 2. The zero-order chi connectivity index (χ0) is 19.0. The molecular weight excluding hydrogens is 352 g/mol. The van der Waals surface area contributed by atoms with E-state index in [0.717, 1.165) is 17.3 Å². The number of carboxylic acids is 1. The minimum Gasteiger partial charge on any atom is -0.480 e. The molecule has 2 N–H and O–H groups in total. The van der Waals surface area contributed by atoms with Crippen molar-refractivity contribution in [2.45, 2.75) is 6.42 Å². The summed E-state index contributed by atoms with van der Waals surface area (Å²) in [4.78, 5) is 20.2. The molecule has 0 amide bonds. The third kappa shape index (κ3) is 3.33. The summed E-state index contributed by atoms with van der Waals surface area (Å²) >= 11 is 0. The van der Waals surface area contributed by atoms with Crippen LogP contribution in [-0.2, 0) is 4.79 Å². The molecule has 138 valence electrons. The predicted octanol–water partition coefficient (Wildman–Crippen LogP) is 3.68. The summed E-state index contributed by atoms with van der Waals surface area (Å²) in [5.74, 6) is -2.61. The molecule has 3 aromatic rings. The van der Waals surface area contributed by atoms with E-state index in [0.29, 0.717) is 36.1 Å².